The minimum Gasteiger partial charge on any atom is -0.391 e. The summed E-state index contributed by atoms with van der Waals surface area (Å²) in [5.74, 6) is 0. The van der Waals surface area contributed by atoms with Crippen LogP contribution in [0.2, 0.25) is 0 Å². The number of aliphatic hydroxyl groups is 1. The molecule has 1 atom stereocenters. The van der Waals surface area contributed by atoms with Gasteiger partial charge in [0, 0.05) is 23.8 Å². The molecule has 0 aliphatic heterocycles. The van der Waals surface area contributed by atoms with E-state index >= 15 is 0 Å². The van der Waals surface area contributed by atoms with Crippen LogP contribution in [0.15, 0.2) is 47.9 Å². The Morgan fingerprint density at radius 3 is 2.72 bits per heavy atom. The Bertz CT molecular complexity index is 453. The van der Waals surface area contributed by atoms with Crippen LogP contribution in [0.3, 0.4) is 0 Å². The van der Waals surface area contributed by atoms with Crippen molar-refractivity contribution >= 4 is 11.8 Å². The third kappa shape index (κ3) is 3.89. The van der Waals surface area contributed by atoms with Gasteiger partial charge in [-0.3, -0.25) is 0 Å². The highest BCUT2D eigenvalue weighted by Gasteiger charge is 2.05. The zero-order valence-corrected chi connectivity index (χ0v) is 11.3. The summed E-state index contributed by atoms with van der Waals surface area (Å²) in [5, 5.41) is 9.93. The van der Waals surface area contributed by atoms with Crippen molar-refractivity contribution in [1.29, 1.82) is 0 Å². The summed E-state index contributed by atoms with van der Waals surface area (Å²) in [6.45, 7) is 0.614. The van der Waals surface area contributed by atoms with Gasteiger partial charge in [-0.25, -0.2) is 4.98 Å². The highest BCUT2D eigenvalue weighted by Crippen LogP contribution is 2.16. The normalized spacial score (nSPS) is 12.6. The van der Waals surface area contributed by atoms with E-state index in [0.717, 1.165) is 12.8 Å². The number of aliphatic hydroxyl groups excluding tert-OH is 1. The second-order valence-electron chi connectivity index (χ2n) is 4.30. The second kappa shape index (κ2) is 6.61. The van der Waals surface area contributed by atoms with Crippen molar-refractivity contribution in [3.8, 4) is 0 Å². The molecule has 2 rings (SSSR count). The van der Waals surface area contributed by atoms with E-state index in [0.29, 0.717) is 6.54 Å². The molecule has 1 unspecified atom stereocenters. The first-order chi connectivity index (χ1) is 8.78. The van der Waals surface area contributed by atoms with Crippen LogP contribution in [0, 0.1) is 0 Å². The first-order valence-electron chi connectivity index (χ1n) is 6.04. The Kier molecular flexibility index (Phi) is 4.84. The largest absolute Gasteiger partial charge is 0.391 e. The zero-order chi connectivity index (χ0) is 12.8. The molecule has 0 radical (unpaired) electrons. The SMILES string of the molecule is CSc1ccc(CCC(O)Cn2ccnc2)cc1. The Morgan fingerprint density at radius 1 is 1.33 bits per heavy atom. The number of aromatic nitrogens is 2. The van der Waals surface area contributed by atoms with Crippen LogP contribution in [-0.4, -0.2) is 27.0 Å². The molecule has 0 saturated carbocycles. The van der Waals surface area contributed by atoms with Crippen molar-refractivity contribution in [1.82, 2.24) is 9.55 Å². The molecule has 0 saturated heterocycles. The molecular weight excluding hydrogens is 244 g/mol. The maximum Gasteiger partial charge on any atom is 0.0946 e. The average molecular weight is 262 g/mol. The van der Waals surface area contributed by atoms with E-state index < -0.39 is 0 Å². The number of rotatable bonds is 6. The van der Waals surface area contributed by atoms with Gasteiger partial charge >= 0.3 is 0 Å². The van der Waals surface area contributed by atoms with Crippen molar-refractivity contribution < 1.29 is 5.11 Å². The maximum absolute atomic E-state index is 9.93. The van der Waals surface area contributed by atoms with E-state index in [1.807, 2.05) is 10.8 Å². The molecule has 0 amide bonds. The molecular formula is C14H18N2OS. The van der Waals surface area contributed by atoms with Crippen LogP contribution in [0.5, 0.6) is 0 Å². The summed E-state index contributed by atoms with van der Waals surface area (Å²) in [4.78, 5) is 5.24. The number of imidazole rings is 1. The van der Waals surface area contributed by atoms with E-state index in [2.05, 4.69) is 35.5 Å². The van der Waals surface area contributed by atoms with Gasteiger partial charge in [-0.15, -0.1) is 11.8 Å². The number of benzene rings is 1. The number of nitrogens with zero attached hydrogens (tertiary/aromatic N) is 2. The fourth-order valence-corrected chi connectivity index (χ4v) is 2.26. The monoisotopic (exact) mass is 262 g/mol. The lowest BCUT2D eigenvalue weighted by atomic mass is 10.1. The molecule has 0 bridgehead atoms. The quantitative estimate of drug-likeness (QED) is 0.813. The van der Waals surface area contributed by atoms with Crippen LogP contribution in [0.25, 0.3) is 0 Å². The average Bonchev–Trinajstić information content (AvgIpc) is 2.90. The minimum atomic E-state index is -0.320. The van der Waals surface area contributed by atoms with E-state index in [1.165, 1.54) is 10.5 Å². The maximum atomic E-state index is 9.93. The summed E-state index contributed by atoms with van der Waals surface area (Å²) in [7, 11) is 0. The standard InChI is InChI=1S/C14H18N2OS/c1-18-14-6-3-12(4-7-14)2-5-13(17)10-16-9-8-15-11-16/h3-4,6-9,11,13,17H,2,5,10H2,1H3. The first kappa shape index (κ1) is 13.2. The van der Waals surface area contributed by atoms with Gasteiger partial charge in [0.25, 0.3) is 0 Å². The number of hydrogen-bond donors (Lipinski definition) is 1. The van der Waals surface area contributed by atoms with E-state index in [4.69, 9.17) is 0 Å². The summed E-state index contributed by atoms with van der Waals surface area (Å²) in [6.07, 6.45) is 8.77. The van der Waals surface area contributed by atoms with E-state index in [1.54, 1.807) is 24.3 Å². The van der Waals surface area contributed by atoms with Gasteiger partial charge in [0.2, 0.25) is 0 Å². The highest BCUT2D eigenvalue weighted by atomic mass is 32.2. The van der Waals surface area contributed by atoms with Crippen LogP contribution in [-0.2, 0) is 13.0 Å². The van der Waals surface area contributed by atoms with Crippen LogP contribution in [0.4, 0.5) is 0 Å². The van der Waals surface area contributed by atoms with Gasteiger partial charge in [-0.05, 0) is 36.8 Å². The molecule has 18 heavy (non-hydrogen) atoms. The van der Waals surface area contributed by atoms with Gasteiger partial charge in [-0.2, -0.15) is 0 Å². The third-order valence-electron chi connectivity index (χ3n) is 2.91. The van der Waals surface area contributed by atoms with Gasteiger partial charge in [-0.1, -0.05) is 12.1 Å². The van der Waals surface area contributed by atoms with Crippen LogP contribution < -0.4 is 0 Å². The molecule has 1 N–H and O–H groups in total. The molecule has 0 spiro atoms. The van der Waals surface area contributed by atoms with Gasteiger partial charge in [0.05, 0.1) is 12.4 Å². The first-order valence-corrected chi connectivity index (χ1v) is 7.27. The fraction of sp³-hybridized carbons (Fsp3) is 0.357. The summed E-state index contributed by atoms with van der Waals surface area (Å²) in [6, 6.07) is 8.52. The predicted octanol–water partition coefficient (Wildman–Crippen LogP) is 2.60. The molecule has 1 aromatic carbocycles. The summed E-state index contributed by atoms with van der Waals surface area (Å²) < 4.78 is 1.90. The Morgan fingerprint density at radius 2 is 2.11 bits per heavy atom. The molecule has 96 valence electrons. The molecule has 2 aromatic rings. The van der Waals surface area contributed by atoms with Gasteiger partial charge < -0.3 is 9.67 Å². The van der Waals surface area contributed by atoms with Crippen molar-refractivity contribution in [2.45, 2.75) is 30.4 Å². The van der Waals surface area contributed by atoms with Gasteiger partial charge in [0.1, 0.15) is 0 Å². The summed E-state index contributed by atoms with van der Waals surface area (Å²) in [5.41, 5.74) is 1.28. The second-order valence-corrected chi connectivity index (χ2v) is 5.18. The Hall–Kier alpha value is -1.26. The molecule has 4 heteroatoms. The highest BCUT2D eigenvalue weighted by molar-refractivity contribution is 7.98. The van der Waals surface area contributed by atoms with Crippen LogP contribution in [0.1, 0.15) is 12.0 Å². The van der Waals surface area contributed by atoms with Crippen molar-refractivity contribution in [3.63, 3.8) is 0 Å². The number of thioether (sulfide) groups is 1. The van der Waals surface area contributed by atoms with E-state index in [-0.39, 0.29) is 6.10 Å². The van der Waals surface area contributed by atoms with Crippen molar-refractivity contribution in [2.24, 2.45) is 0 Å². The molecule has 1 aromatic heterocycles. The molecule has 1 heterocycles. The van der Waals surface area contributed by atoms with E-state index in [9.17, 15) is 5.11 Å². The Labute approximate surface area is 112 Å². The van der Waals surface area contributed by atoms with Gasteiger partial charge in [0.15, 0.2) is 0 Å². The third-order valence-corrected chi connectivity index (χ3v) is 3.65. The number of aryl methyl sites for hydroxylation is 1. The van der Waals surface area contributed by atoms with Crippen molar-refractivity contribution in [2.75, 3.05) is 6.26 Å². The lowest BCUT2D eigenvalue weighted by Gasteiger charge is -2.11. The topological polar surface area (TPSA) is 38.0 Å². The minimum absolute atomic E-state index is 0.320. The predicted molar refractivity (Wildman–Crippen MR) is 74.8 cm³/mol. The summed E-state index contributed by atoms with van der Waals surface area (Å²) >= 11 is 1.74. The number of hydrogen-bond acceptors (Lipinski definition) is 3. The Balaban J connectivity index is 1.79. The molecule has 0 fully saturated rings. The molecule has 0 aliphatic rings. The molecule has 3 nitrogen and oxygen atoms in total. The molecule has 0 aliphatic carbocycles. The zero-order valence-electron chi connectivity index (χ0n) is 10.5. The van der Waals surface area contributed by atoms with Crippen LogP contribution >= 0.6 is 11.8 Å². The fourth-order valence-electron chi connectivity index (χ4n) is 1.85. The van der Waals surface area contributed by atoms with Crippen molar-refractivity contribution in [3.05, 3.63) is 48.5 Å². The smallest absolute Gasteiger partial charge is 0.0946 e. The lowest BCUT2D eigenvalue weighted by Crippen LogP contribution is -2.15. The lowest BCUT2D eigenvalue weighted by molar-refractivity contribution is 0.144.